The van der Waals surface area contributed by atoms with Gasteiger partial charge in [-0.15, -0.1) is 0 Å². The molecule has 0 saturated heterocycles. The van der Waals surface area contributed by atoms with Crippen molar-refractivity contribution in [1.82, 2.24) is 10.5 Å². The molecule has 6 nitrogen and oxygen atoms in total. The van der Waals surface area contributed by atoms with Crippen molar-refractivity contribution in [2.24, 2.45) is 0 Å². The van der Waals surface area contributed by atoms with Crippen molar-refractivity contribution >= 4 is 11.9 Å². The lowest BCUT2D eigenvalue weighted by Gasteiger charge is -2.02. The summed E-state index contributed by atoms with van der Waals surface area (Å²) in [4.78, 5) is 28.7. The number of hydrogen-bond acceptors (Lipinski definition) is 4. The van der Waals surface area contributed by atoms with Crippen molar-refractivity contribution in [3.8, 4) is 0 Å². The molecule has 1 heterocycles. The summed E-state index contributed by atoms with van der Waals surface area (Å²) in [6, 6.07) is 2.20. The van der Waals surface area contributed by atoms with Gasteiger partial charge in [-0.05, 0) is 12.1 Å². The number of nitrogens with one attached hydrogen (secondary N) is 1. The van der Waals surface area contributed by atoms with Crippen molar-refractivity contribution in [1.29, 1.82) is 0 Å². The number of amides is 1. The van der Waals surface area contributed by atoms with E-state index in [1.807, 2.05) is 5.48 Å². The molecular formula is C8H7FN2O4. The molecule has 0 bridgehead atoms. The average Bonchev–Trinajstić information content (AvgIpc) is 2.18. The van der Waals surface area contributed by atoms with E-state index in [1.54, 1.807) is 0 Å². The highest BCUT2D eigenvalue weighted by atomic mass is 19.1. The molecule has 0 spiro atoms. The molecule has 0 radical (unpaired) electrons. The van der Waals surface area contributed by atoms with E-state index in [9.17, 15) is 14.0 Å². The van der Waals surface area contributed by atoms with E-state index >= 15 is 0 Å². The first-order chi connectivity index (χ1) is 7.09. The number of rotatable bonds is 4. The van der Waals surface area contributed by atoms with E-state index in [0.717, 1.165) is 12.3 Å². The smallest absolute Gasteiger partial charge is 0.332 e. The Kier molecular flexibility index (Phi) is 3.69. The van der Waals surface area contributed by atoms with Gasteiger partial charge in [-0.25, -0.2) is 15.3 Å². The van der Waals surface area contributed by atoms with Crippen LogP contribution in [0, 0.1) is 5.95 Å². The number of halogens is 1. The molecule has 2 N–H and O–H groups in total. The number of pyridine rings is 1. The van der Waals surface area contributed by atoms with Crippen molar-refractivity contribution in [2.75, 3.05) is 6.61 Å². The third kappa shape index (κ3) is 3.69. The van der Waals surface area contributed by atoms with Crippen LogP contribution in [0.1, 0.15) is 10.4 Å². The van der Waals surface area contributed by atoms with Crippen LogP contribution in [0.4, 0.5) is 4.39 Å². The normalized spacial score (nSPS) is 9.67. The lowest BCUT2D eigenvalue weighted by molar-refractivity contribution is -0.144. The zero-order chi connectivity index (χ0) is 11.3. The van der Waals surface area contributed by atoms with Crippen LogP contribution in [0.25, 0.3) is 0 Å². The van der Waals surface area contributed by atoms with Gasteiger partial charge in [0.05, 0.1) is 5.56 Å². The Balaban J connectivity index is 2.47. The van der Waals surface area contributed by atoms with Gasteiger partial charge >= 0.3 is 5.97 Å². The quantitative estimate of drug-likeness (QED) is 0.542. The summed E-state index contributed by atoms with van der Waals surface area (Å²) in [5, 5.41) is 8.20. The Morgan fingerprint density at radius 2 is 2.27 bits per heavy atom. The Bertz CT molecular complexity index is 365. The highest BCUT2D eigenvalue weighted by Gasteiger charge is 2.06. The van der Waals surface area contributed by atoms with Crippen LogP contribution in [0.3, 0.4) is 0 Å². The molecule has 0 unspecified atom stereocenters. The zero-order valence-electron chi connectivity index (χ0n) is 7.44. The van der Waals surface area contributed by atoms with Crippen molar-refractivity contribution in [3.63, 3.8) is 0 Å². The second kappa shape index (κ2) is 5.01. The van der Waals surface area contributed by atoms with Gasteiger partial charge in [-0.3, -0.25) is 9.63 Å². The first kappa shape index (κ1) is 11.1. The molecule has 1 amide bonds. The largest absolute Gasteiger partial charge is 0.479 e. The van der Waals surface area contributed by atoms with Crippen LogP contribution in [0.15, 0.2) is 18.3 Å². The van der Waals surface area contributed by atoms with E-state index in [4.69, 9.17) is 5.11 Å². The summed E-state index contributed by atoms with van der Waals surface area (Å²) >= 11 is 0. The number of hydrogen-bond donors (Lipinski definition) is 2. The van der Waals surface area contributed by atoms with Crippen molar-refractivity contribution < 1.29 is 23.9 Å². The van der Waals surface area contributed by atoms with Crippen LogP contribution in [-0.2, 0) is 9.63 Å². The van der Waals surface area contributed by atoms with E-state index in [0.29, 0.717) is 0 Å². The number of aliphatic carboxylic acids is 1. The maximum absolute atomic E-state index is 12.4. The van der Waals surface area contributed by atoms with Crippen LogP contribution in [-0.4, -0.2) is 28.6 Å². The molecule has 1 aromatic heterocycles. The minimum atomic E-state index is -1.22. The molecule has 1 aromatic rings. The van der Waals surface area contributed by atoms with Gasteiger partial charge in [0.15, 0.2) is 6.61 Å². The second-order valence-electron chi connectivity index (χ2n) is 2.48. The summed E-state index contributed by atoms with van der Waals surface area (Å²) in [6.07, 6.45) is 1.01. The zero-order valence-corrected chi connectivity index (χ0v) is 7.44. The van der Waals surface area contributed by atoms with Crippen molar-refractivity contribution in [3.05, 3.63) is 29.8 Å². The fourth-order valence-corrected chi connectivity index (χ4v) is 0.732. The topological polar surface area (TPSA) is 88.5 Å². The molecule has 0 fully saturated rings. The average molecular weight is 214 g/mol. The van der Waals surface area contributed by atoms with Gasteiger partial charge in [-0.1, -0.05) is 0 Å². The Hall–Kier alpha value is -2.02. The molecule has 0 saturated carbocycles. The predicted molar refractivity (Wildman–Crippen MR) is 45.2 cm³/mol. The van der Waals surface area contributed by atoms with Crippen LogP contribution >= 0.6 is 0 Å². The number of carboxylic acids is 1. The monoisotopic (exact) mass is 214 g/mol. The lowest BCUT2D eigenvalue weighted by Crippen LogP contribution is -2.26. The first-order valence-electron chi connectivity index (χ1n) is 3.85. The number of carbonyl (C=O) groups is 2. The number of hydroxylamine groups is 1. The molecule has 0 atom stereocenters. The fraction of sp³-hybridized carbons (Fsp3) is 0.125. The summed E-state index contributed by atoms with van der Waals surface area (Å²) in [7, 11) is 0. The third-order valence-corrected chi connectivity index (χ3v) is 1.35. The Morgan fingerprint density at radius 3 is 2.80 bits per heavy atom. The SMILES string of the molecule is O=C(O)CONC(=O)c1ccc(F)nc1. The van der Waals surface area contributed by atoms with Crippen molar-refractivity contribution in [2.45, 2.75) is 0 Å². The summed E-state index contributed by atoms with van der Waals surface area (Å²) in [6.45, 7) is -0.652. The summed E-state index contributed by atoms with van der Waals surface area (Å²) < 4.78 is 12.4. The maximum atomic E-state index is 12.4. The highest BCUT2D eigenvalue weighted by molar-refractivity contribution is 5.93. The molecule has 0 aliphatic carbocycles. The van der Waals surface area contributed by atoms with Crippen LogP contribution < -0.4 is 5.48 Å². The fourth-order valence-electron chi connectivity index (χ4n) is 0.732. The molecule has 0 aliphatic rings. The van der Waals surface area contributed by atoms with E-state index in [2.05, 4.69) is 9.82 Å². The standard InChI is InChI=1S/C8H7FN2O4/c9-6-2-1-5(3-10-6)8(14)11-15-4-7(12)13/h1-3H,4H2,(H,11,14)(H,12,13). The Labute approximate surface area is 83.6 Å². The first-order valence-corrected chi connectivity index (χ1v) is 3.85. The van der Waals surface area contributed by atoms with Gasteiger partial charge in [0.25, 0.3) is 5.91 Å². The van der Waals surface area contributed by atoms with Crippen LogP contribution in [0.5, 0.6) is 0 Å². The summed E-state index contributed by atoms with van der Waals surface area (Å²) in [5.41, 5.74) is 1.94. The van der Waals surface area contributed by atoms with Crippen LogP contribution in [0.2, 0.25) is 0 Å². The number of nitrogens with zero attached hydrogens (tertiary/aromatic N) is 1. The van der Waals surface area contributed by atoms with E-state index < -0.39 is 24.4 Å². The van der Waals surface area contributed by atoms with E-state index in [1.165, 1.54) is 6.07 Å². The molecule has 0 aromatic carbocycles. The Morgan fingerprint density at radius 1 is 1.53 bits per heavy atom. The molecule has 0 aliphatic heterocycles. The second-order valence-corrected chi connectivity index (χ2v) is 2.48. The predicted octanol–water partition coefficient (Wildman–Crippen LogP) is -0.0333. The minimum Gasteiger partial charge on any atom is -0.479 e. The molecule has 15 heavy (non-hydrogen) atoms. The van der Waals surface area contributed by atoms with Gasteiger partial charge in [0, 0.05) is 6.20 Å². The van der Waals surface area contributed by atoms with Gasteiger partial charge in [-0.2, -0.15) is 4.39 Å². The highest BCUT2D eigenvalue weighted by Crippen LogP contribution is 1.98. The maximum Gasteiger partial charge on any atom is 0.332 e. The third-order valence-electron chi connectivity index (χ3n) is 1.35. The molecular weight excluding hydrogens is 207 g/mol. The number of carboxylic acid groups (broad SMARTS) is 1. The van der Waals surface area contributed by atoms with Gasteiger partial charge in [0.2, 0.25) is 5.95 Å². The molecule has 1 rings (SSSR count). The van der Waals surface area contributed by atoms with E-state index in [-0.39, 0.29) is 5.56 Å². The van der Waals surface area contributed by atoms with Gasteiger partial charge in [0.1, 0.15) is 0 Å². The minimum absolute atomic E-state index is 0.0711. The van der Waals surface area contributed by atoms with Gasteiger partial charge < -0.3 is 5.11 Å². The molecule has 80 valence electrons. The lowest BCUT2D eigenvalue weighted by atomic mass is 10.3. The molecule has 7 heteroatoms. The number of aromatic nitrogens is 1. The summed E-state index contributed by atoms with van der Waals surface area (Å²) in [5.74, 6) is -2.62. The number of carbonyl (C=O) groups excluding carboxylic acids is 1.